The van der Waals surface area contributed by atoms with Gasteiger partial charge >= 0.3 is 0 Å². The molecule has 0 aliphatic carbocycles. The number of carbonyl (C=O) groups is 1. The Kier molecular flexibility index (Phi) is 29.3. The number of aliphatic hydroxyl groups is 4. The van der Waals surface area contributed by atoms with E-state index < -0.39 is 36.9 Å². The van der Waals surface area contributed by atoms with Crippen LogP contribution in [0.4, 0.5) is 0 Å². The normalized spacial score (nSPS) is 14.7. The Balaban J connectivity index is 3.50. The molecule has 0 saturated heterocycles. The fourth-order valence-corrected chi connectivity index (χ4v) is 5.45. The van der Waals surface area contributed by atoms with Crippen molar-refractivity contribution in [3.8, 4) is 0 Å². The predicted molar refractivity (Wildman–Crippen MR) is 168 cm³/mol. The highest BCUT2D eigenvalue weighted by atomic mass is 16.3. The van der Waals surface area contributed by atoms with Crippen LogP contribution in [0.25, 0.3) is 0 Å². The Morgan fingerprint density at radius 3 is 1.23 bits per heavy atom. The molecule has 0 heterocycles. The number of amides is 1. The molecule has 0 bridgehead atoms. The SMILES string of the molecule is CCCCCCCCCCCCCCCCCCCCCCCCC(O)C(=O)NC(CO)C(O)C(O)CCCC. The molecular formula is C34H69NO5. The zero-order chi connectivity index (χ0) is 29.7. The Hall–Kier alpha value is -0.690. The van der Waals surface area contributed by atoms with Gasteiger partial charge in [-0.3, -0.25) is 4.79 Å². The third kappa shape index (κ3) is 24.0. The van der Waals surface area contributed by atoms with Crippen molar-refractivity contribution in [2.75, 3.05) is 6.61 Å². The molecule has 240 valence electrons. The molecule has 0 rings (SSSR count). The zero-order valence-electron chi connectivity index (χ0n) is 26.6. The average molecular weight is 572 g/mol. The second kappa shape index (κ2) is 29.8. The fraction of sp³-hybridized carbons (Fsp3) is 0.971. The third-order valence-electron chi connectivity index (χ3n) is 8.32. The first kappa shape index (κ1) is 39.3. The quantitative estimate of drug-likeness (QED) is 0.0547. The standard InChI is InChI=1S/C34H69NO5/c1-3-5-7-8-9-10-11-12-13-14-15-16-17-18-19-20-21-22-23-24-25-26-28-32(38)34(40)35-30(29-36)33(39)31(37)27-6-4-2/h30-33,36-39H,3-29H2,1-2H3,(H,35,40). The van der Waals surface area contributed by atoms with Gasteiger partial charge in [-0.25, -0.2) is 0 Å². The lowest BCUT2D eigenvalue weighted by atomic mass is 10.0. The van der Waals surface area contributed by atoms with Gasteiger partial charge in [-0.1, -0.05) is 168 Å². The van der Waals surface area contributed by atoms with Gasteiger partial charge in [0, 0.05) is 0 Å². The summed E-state index contributed by atoms with van der Waals surface area (Å²) >= 11 is 0. The summed E-state index contributed by atoms with van der Waals surface area (Å²) in [6.45, 7) is 3.79. The topological polar surface area (TPSA) is 110 Å². The maximum absolute atomic E-state index is 12.2. The van der Waals surface area contributed by atoms with Crippen molar-refractivity contribution in [3.05, 3.63) is 0 Å². The Bertz CT molecular complexity index is 532. The molecule has 5 N–H and O–H groups in total. The van der Waals surface area contributed by atoms with Gasteiger partial charge in [-0.15, -0.1) is 0 Å². The van der Waals surface area contributed by atoms with Crippen LogP contribution in [0.15, 0.2) is 0 Å². The summed E-state index contributed by atoms with van der Waals surface area (Å²) in [5.74, 6) is -0.593. The van der Waals surface area contributed by atoms with Gasteiger partial charge in [0.15, 0.2) is 0 Å². The van der Waals surface area contributed by atoms with Crippen molar-refractivity contribution >= 4 is 5.91 Å². The van der Waals surface area contributed by atoms with E-state index in [0.29, 0.717) is 12.8 Å². The van der Waals surface area contributed by atoms with E-state index in [-0.39, 0.29) is 0 Å². The van der Waals surface area contributed by atoms with Gasteiger partial charge in [0.25, 0.3) is 0 Å². The predicted octanol–water partition coefficient (Wildman–Crippen LogP) is 7.73. The molecule has 0 aliphatic heterocycles. The first-order valence-electron chi connectivity index (χ1n) is 17.4. The molecule has 0 aromatic heterocycles. The van der Waals surface area contributed by atoms with E-state index in [0.717, 1.165) is 32.1 Å². The molecule has 4 atom stereocenters. The van der Waals surface area contributed by atoms with Crippen LogP contribution >= 0.6 is 0 Å². The second-order valence-corrected chi connectivity index (χ2v) is 12.2. The van der Waals surface area contributed by atoms with Crippen LogP contribution in [0.3, 0.4) is 0 Å². The molecule has 1 amide bonds. The van der Waals surface area contributed by atoms with E-state index in [2.05, 4.69) is 12.2 Å². The minimum absolute atomic E-state index is 0.373. The van der Waals surface area contributed by atoms with Gasteiger partial charge in [0.1, 0.15) is 12.2 Å². The molecule has 0 saturated carbocycles. The number of rotatable bonds is 31. The van der Waals surface area contributed by atoms with Crippen LogP contribution in [0, 0.1) is 0 Å². The van der Waals surface area contributed by atoms with Crippen molar-refractivity contribution in [3.63, 3.8) is 0 Å². The molecular weight excluding hydrogens is 502 g/mol. The van der Waals surface area contributed by atoms with Crippen molar-refractivity contribution in [1.82, 2.24) is 5.32 Å². The lowest BCUT2D eigenvalue weighted by Crippen LogP contribution is -2.53. The van der Waals surface area contributed by atoms with Crippen LogP contribution in [-0.4, -0.2) is 57.3 Å². The summed E-state index contributed by atoms with van der Waals surface area (Å²) < 4.78 is 0. The summed E-state index contributed by atoms with van der Waals surface area (Å²) in [5.41, 5.74) is 0. The second-order valence-electron chi connectivity index (χ2n) is 12.2. The van der Waals surface area contributed by atoms with Crippen molar-refractivity contribution in [2.24, 2.45) is 0 Å². The third-order valence-corrected chi connectivity index (χ3v) is 8.32. The smallest absolute Gasteiger partial charge is 0.249 e. The molecule has 0 aromatic rings. The number of carbonyl (C=O) groups excluding carboxylic acids is 1. The maximum atomic E-state index is 12.2. The highest BCUT2D eigenvalue weighted by Crippen LogP contribution is 2.16. The van der Waals surface area contributed by atoms with Gasteiger partial charge in [0.2, 0.25) is 5.91 Å². The average Bonchev–Trinajstić information content (AvgIpc) is 2.96. The van der Waals surface area contributed by atoms with Crippen LogP contribution in [0.5, 0.6) is 0 Å². The lowest BCUT2D eigenvalue weighted by molar-refractivity contribution is -0.132. The monoisotopic (exact) mass is 572 g/mol. The summed E-state index contributed by atoms with van der Waals surface area (Å²) in [6.07, 6.45) is 28.2. The molecule has 6 nitrogen and oxygen atoms in total. The highest BCUT2D eigenvalue weighted by molar-refractivity contribution is 5.80. The molecule has 0 aliphatic rings. The van der Waals surface area contributed by atoms with E-state index in [1.807, 2.05) is 6.92 Å². The number of aliphatic hydroxyl groups excluding tert-OH is 4. The van der Waals surface area contributed by atoms with Crippen molar-refractivity contribution in [2.45, 2.75) is 205 Å². The minimum atomic E-state index is -1.25. The van der Waals surface area contributed by atoms with Gasteiger partial charge in [-0.05, 0) is 12.8 Å². The molecule has 4 unspecified atom stereocenters. The van der Waals surface area contributed by atoms with E-state index in [1.165, 1.54) is 122 Å². The number of unbranched alkanes of at least 4 members (excludes halogenated alkanes) is 22. The highest BCUT2D eigenvalue weighted by Gasteiger charge is 2.28. The van der Waals surface area contributed by atoms with Crippen molar-refractivity contribution < 1.29 is 25.2 Å². The molecule has 40 heavy (non-hydrogen) atoms. The molecule has 0 aromatic carbocycles. The number of hydrogen-bond acceptors (Lipinski definition) is 5. The summed E-state index contributed by atoms with van der Waals surface area (Å²) in [5, 5.41) is 42.3. The van der Waals surface area contributed by atoms with E-state index in [1.54, 1.807) is 0 Å². The Morgan fingerprint density at radius 1 is 0.525 bits per heavy atom. The van der Waals surface area contributed by atoms with Gasteiger partial charge in [0.05, 0.1) is 18.8 Å². The lowest BCUT2D eigenvalue weighted by Gasteiger charge is -2.27. The van der Waals surface area contributed by atoms with Crippen LogP contribution in [0.2, 0.25) is 0 Å². The summed E-state index contributed by atoms with van der Waals surface area (Å²) in [7, 11) is 0. The Morgan fingerprint density at radius 2 is 0.875 bits per heavy atom. The fourth-order valence-electron chi connectivity index (χ4n) is 5.45. The van der Waals surface area contributed by atoms with Gasteiger partial charge in [-0.2, -0.15) is 0 Å². The van der Waals surface area contributed by atoms with Crippen LogP contribution < -0.4 is 5.32 Å². The van der Waals surface area contributed by atoms with Gasteiger partial charge < -0.3 is 25.7 Å². The largest absolute Gasteiger partial charge is 0.394 e. The molecule has 0 fully saturated rings. The van der Waals surface area contributed by atoms with E-state index >= 15 is 0 Å². The molecule has 6 heteroatoms. The minimum Gasteiger partial charge on any atom is -0.394 e. The Labute approximate surface area is 248 Å². The molecule has 0 spiro atoms. The number of nitrogens with one attached hydrogen (secondary N) is 1. The van der Waals surface area contributed by atoms with E-state index in [4.69, 9.17) is 0 Å². The summed E-state index contributed by atoms with van der Waals surface area (Å²) in [4.78, 5) is 12.2. The van der Waals surface area contributed by atoms with Crippen LogP contribution in [0.1, 0.15) is 181 Å². The summed E-state index contributed by atoms with van der Waals surface area (Å²) in [6, 6.07) is -0.974. The number of hydrogen-bond donors (Lipinski definition) is 5. The van der Waals surface area contributed by atoms with E-state index in [9.17, 15) is 25.2 Å². The first-order valence-corrected chi connectivity index (χ1v) is 17.4. The zero-order valence-corrected chi connectivity index (χ0v) is 26.6. The van der Waals surface area contributed by atoms with Crippen molar-refractivity contribution in [1.29, 1.82) is 0 Å². The maximum Gasteiger partial charge on any atom is 0.249 e. The van der Waals surface area contributed by atoms with Crippen LogP contribution in [-0.2, 0) is 4.79 Å². The first-order chi connectivity index (χ1) is 19.5. The molecule has 0 radical (unpaired) electrons.